The molecule has 0 radical (unpaired) electrons. The summed E-state index contributed by atoms with van der Waals surface area (Å²) in [6.07, 6.45) is 0. The number of hydrogen-bond acceptors (Lipinski definition) is 3. The van der Waals surface area contributed by atoms with Crippen molar-refractivity contribution in [1.82, 2.24) is 3.97 Å². The summed E-state index contributed by atoms with van der Waals surface area (Å²) in [7, 11) is -3.66. The molecule has 0 amide bonds. The van der Waals surface area contributed by atoms with Gasteiger partial charge < -0.3 is 0 Å². The molecule has 3 nitrogen and oxygen atoms in total. The molecule has 4 aromatic rings. The Balaban J connectivity index is 1.96. The maximum atomic E-state index is 13.3. The maximum Gasteiger partial charge on any atom is 0.268 e. The second-order valence-electron chi connectivity index (χ2n) is 5.93. The summed E-state index contributed by atoms with van der Waals surface area (Å²) in [6.45, 7) is 1.87. The fraction of sp³-hybridized carbons (Fsp3) is 0.0476. The van der Waals surface area contributed by atoms with E-state index in [-0.39, 0.29) is 0 Å². The molecule has 26 heavy (non-hydrogen) atoms. The van der Waals surface area contributed by atoms with E-state index < -0.39 is 10.0 Å². The monoisotopic (exact) mass is 379 g/mol. The highest BCUT2D eigenvalue weighted by Crippen LogP contribution is 2.39. The zero-order valence-electron chi connectivity index (χ0n) is 14.2. The molecule has 0 bridgehead atoms. The lowest BCUT2D eigenvalue weighted by atomic mass is 10.2. The fourth-order valence-electron chi connectivity index (χ4n) is 3.05. The number of para-hydroxylation sites is 1. The van der Waals surface area contributed by atoms with Crippen LogP contribution in [0.2, 0.25) is 0 Å². The van der Waals surface area contributed by atoms with Gasteiger partial charge in [0.05, 0.1) is 10.4 Å². The Morgan fingerprint density at radius 3 is 2.04 bits per heavy atom. The molecule has 3 aromatic carbocycles. The molecule has 0 saturated carbocycles. The number of hydrogen-bond donors (Lipinski definition) is 0. The fourth-order valence-corrected chi connectivity index (χ4v) is 5.74. The third kappa shape index (κ3) is 2.83. The van der Waals surface area contributed by atoms with Gasteiger partial charge in [-0.1, -0.05) is 66.4 Å². The molecule has 5 heteroatoms. The predicted octanol–water partition coefficient (Wildman–Crippen LogP) is 5.34. The van der Waals surface area contributed by atoms with Crippen molar-refractivity contribution in [1.29, 1.82) is 0 Å². The van der Waals surface area contributed by atoms with Gasteiger partial charge >= 0.3 is 0 Å². The summed E-state index contributed by atoms with van der Waals surface area (Å²) in [5.74, 6) is 0. The molecule has 0 N–H and O–H groups in total. The molecular formula is C21H17NO2S2. The smallest absolute Gasteiger partial charge is 0.237 e. The number of benzene rings is 3. The Morgan fingerprint density at radius 2 is 1.35 bits per heavy atom. The van der Waals surface area contributed by atoms with Crippen molar-refractivity contribution in [2.45, 2.75) is 21.6 Å². The lowest BCUT2D eigenvalue weighted by molar-refractivity contribution is 0.587. The lowest BCUT2D eigenvalue weighted by Gasteiger charge is -2.10. The molecule has 130 valence electrons. The summed E-state index contributed by atoms with van der Waals surface area (Å²) >= 11 is 1.59. The molecule has 0 spiro atoms. The van der Waals surface area contributed by atoms with Crippen LogP contribution in [0.15, 0.2) is 99.6 Å². The van der Waals surface area contributed by atoms with Crippen LogP contribution >= 0.6 is 11.8 Å². The quantitative estimate of drug-likeness (QED) is 0.480. The Hall–Kier alpha value is -2.50. The number of aromatic nitrogens is 1. The topological polar surface area (TPSA) is 39.1 Å². The largest absolute Gasteiger partial charge is 0.268 e. The van der Waals surface area contributed by atoms with Crippen molar-refractivity contribution in [2.75, 3.05) is 0 Å². The lowest BCUT2D eigenvalue weighted by Crippen LogP contribution is -2.14. The molecular weight excluding hydrogens is 362 g/mol. The normalized spacial score (nSPS) is 11.7. The highest BCUT2D eigenvalue weighted by atomic mass is 32.2. The molecule has 0 atom stereocenters. The van der Waals surface area contributed by atoms with Crippen LogP contribution in [0.5, 0.6) is 0 Å². The van der Waals surface area contributed by atoms with Crippen LogP contribution in [-0.2, 0) is 10.0 Å². The minimum atomic E-state index is -3.66. The third-order valence-corrected chi connectivity index (χ3v) is 7.29. The van der Waals surface area contributed by atoms with E-state index in [1.54, 1.807) is 36.0 Å². The van der Waals surface area contributed by atoms with E-state index >= 15 is 0 Å². The number of fused-ring (bicyclic) bond motifs is 1. The van der Waals surface area contributed by atoms with Gasteiger partial charge in [-0.15, -0.1) is 0 Å². The second-order valence-corrected chi connectivity index (χ2v) is 8.80. The van der Waals surface area contributed by atoms with E-state index in [0.717, 1.165) is 20.9 Å². The van der Waals surface area contributed by atoms with Gasteiger partial charge in [0.1, 0.15) is 0 Å². The first-order chi connectivity index (χ1) is 12.6. The van der Waals surface area contributed by atoms with Crippen LogP contribution in [0.4, 0.5) is 0 Å². The van der Waals surface area contributed by atoms with Crippen LogP contribution in [0.25, 0.3) is 10.9 Å². The van der Waals surface area contributed by atoms with E-state index in [1.807, 2.05) is 67.6 Å². The zero-order valence-corrected chi connectivity index (χ0v) is 15.8. The summed E-state index contributed by atoms with van der Waals surface area (Å²) in [5, 5.41) is 0.943. The van der Waals surface area contributed by atoms with E-state index in [9.17, 15) is 8.42 Å². The summed E-state index contributed by atoms with van der Waals surface area (Å²) in [4.78, 5) is 2.34. The van der Waals surface area contributed by atoms with Gasteiger partial charge in [0, 0.05) is 20.9 Å². The molecule has 1 heterocycles. The van der Waals surface area contributed by atoms with Crippen molar-refractivity contribution >= 4 is 32.7 Å². The second kappa shape index (κ2) is 6.67. The first-order valence-corrected chi connectivity index (χ1v) is 10.5. The van der Waals surface area contributed by atoms with Crippen LogP contribution in [0.1, 0.15) is 5.69 Å². The Kier molecular flexibility index (Phi) is 4.34. The van der Waals surface area contributed by atoms with E-state index in [4.69, 9.17) is 0 Å². The van der Waals surface area contributed by atoms with Gasteiger partial charge in [0.2, 0.25) is 0 Å². The van der Waals surface area contributed by atoms with E-state index in [1.165, 1.54) is 3.97 Å². The van der Waals surface area contributed by atoms with Crippen LogP contribution in [0, 0.1) is 6.92 Å². The predicted molar refractivity (Wildman–Crippen MR) is 106 cm³/mol. The van der Waals surface area contributed by atoms with Crippen LogP contribution in [-0.4, -0.2) is 12.4 Å². The highest BCUT2D eigenvalue weighted by Gasteiger charge is 2.24. The minimum absolute atomic E-state index is 0.292. The Morgan fingerprint density at radius 1 is 0.769 bits per heavy atom. The zero-order chi connectivity index (χ0) is 18.1. The number of rotatable bonds is 4. The molecule has 0 fully saturated rings. The average Bonchev–Trinajstić information content (AvgIpc) is 2.96. The van der Waals surface area contributed by atoms with Crippen molar-refractivity contribution in [3.8, 4) is 0 Å². The van der Waals surface area contributed by atoms with Gasteiger partial charge in [0.25, 0.3) is 10.0 Å². The standard InChI is InChI=1S/C21H17NO2S2/c1-16-21(25-17-10-4-2-5-11-17)19-14-8-9-15-20(19)22(16)26(23,24)18-12-6-3-7-13-18/h2-15H,1H3. The van der Waals surface area contributed by atoms with E-state index in [0.29, 0.717) is 10.4 Å². The van der Waals surface area contributed by atoms with Crippen molar-refractivity contribution in [2.24, 2.45) is 0 Å². The SMILES string of the molecule is Cc1c(Sc2ccccc2)c2ccccc2n1S(=O)(=O)c1ccccc1. The van der Waals surface area contributed by atoms with Gasteiger partial charge in [-0.25, -0.2) is 12.4 Å². The summed E-state index contributed by atoms with van der Waals surface area (Å²) in [5.41, 5.74) is 1.43. The molecule has 0 aliphatic rings. The minimum Gasteiger partial charge on any atom is -0.237 e. The maximum absolute atomic E-state index is 13.3. The average molecular weight is 380 g/mol. The first-order valence-electron chi connectivity index (χ1n) is 8.22. The highest BCUT2D eigenvalue weighted by molar-refractivity contribution is 7.99. The molecule has 0 unspecified atom stereocenters. The molecule has 0 aliphatic carbocycles. The number of nitrogens with zero attached hydrogens (tertiary/aromatic N) is 1. The van der Waals surface area contributed by atoms with Crippen LogP contribution < -0.4 is 0 Å². The molecule has 4 rings (SSSR count). The van der Waals surface area contributed by atoms with Gasteiger partial charge in [-0.05, 0) is 37.3 Å². The van der Waals surface area contributed by atoms with E-state index in [2.05, 4.69) is 0 Å². The van der Waals surface area contributed by atoms with Crippen molar-refractivity contribution < 1.29 is 8.42 Å². The third-order valence-electron chi connectivity index (χ3n) is 4.25. The Labute approximate surface area is 157 Å². The summed E-state index contributed by atoms with van der Waals surface area (Å²) < 4.78 is 28.0. The van der Waals surface area contributed by atoms with Crippen LogP contribution in [0.3, 0.4) is 0 Å². The van der Waals surface area contributed by atoms with Crippen molar-refractivity contribution in [3.63, 3.8) is 0 Å². The van der Waals surface area contributed by atoms with Gasteiger partial charge in [-0.2, -0.15) is 0 Å². The Bertz CT molecular complexity index is 1160. The van der Waals surface area contributed by atoms with Gasteiger partial charge in [-0.3, -0.25) is 0 Å². The van der Waals surface area contributed by atoms with Crippen molar-refractivity contribution in [3.05, 3.63) is 90.6 Å². The van der Waals surface area contributed by atoms with Gasteiger partial charge in [0.15, 0.2) is 0 Å². The molecule has 0 saturated heterocycles. The summed E-state index contributed by atoms with van der Waals surface area (Å²) in [6, 6.07) is 26.2. The first kappa shape index (κ1) is 16.9. The molecule has 0 aliphatic heterocycles. The molecule has 1 aromatic heterocycles.